The summed E-state index contributed by atoms with van der Waals surface area (Å²) in [6.07, 6.45) is 3.62. The molecule has 0 N–H and O–H groups in total. The molecule has 0 aliphatic rings. The summed E-state index contributed by atoms with van der Waals surface area (Å²) < 4.78 is 0. The van der Waals surface area contributed by atoms with Crippen LogP contribution in [-0.2, 0) is 0 Å². The van der Waals surface area contributed by atoms with Crippen molar-refractivity contribution >= 4 is 17.5 Å². The molecule has 1 aromatic heterocycles. The SMILES string of the molecule is CCCC(C)N(C)C(=O)c1cccnc1Cl. The fourth-order valence-corrected chi connectivity index (χ4v) is 1.75. The van der Waals surface area contributed by atoms with Crippen molar-refractivity contribution < 1.29 is 4.79 Å². The largest absolute Gasteiger partial charge is 0.339 e. The average Bonchev–Trinajstić information content (AvgIpc) is 2.28. The van der Waals surface area contributed by atoms with E-state index in [0.29, 0.717) is 5.56 Å². The molecule has 1 atom stereocenters. The van der Waals surface area contributed by atoms with Crippen LogP contribution in [0, 0.1) is 0 Å². The van der Waals surface area contributed by atoms with Gasteiger partial charge in [-0.3, -0.25) is 4.79 Å². The highest BCUT2D eigenvalue weighted by atomic mass is 35.5. The summed E-state index contributed by atoms with van der Waals surface area (Å²) in [5.41, 5.74) is 0.467. The predicted octanol–water partition coefficient (Wildman–Crippen LogP) is 3.00. The molecule has 0 aliphatic carbocycles. The van der Waals surface area contributed by atoms with Crippen molar-refractivity contribution in [1.82, 2.24) is 9.88 Å². The number of hydrogen-bond donors (Lipinski definition) is 0. The maximum absolute atomic E-state index is 12.1. The van der Waals surface area contributed by atoms with E-state index in [0.717, 1.165) is 12.8 Å². The molecule has 88 valence electrons. The van der Waals surface area contributed by atoms with Gasteiger partial charge in [0.05, 0.1) is 5.56 Å². The van der Waals surface area contributed by atoms with Crippen LogP contribution in [0.25, 0.3) is 0 Å². The Morgan fingerprint density at radius 3 is 2.88 bits per heavy atom. The van der Waals surface area contributed by atoms with Crippen molar-refractivity contribution in [3.63, 3.8) is 0 Å². The first-order valence-corrected chi connectivity index (χ1v) is 5.83. The number of carbonyl (C=O) groups is 1. The van der Waals surface area contributed by atoms with Gasteiger partial charge in [-0.15, -0.1) is 0 Å². The third kappa shape index (κ3) is 2.95. The highest BCUT2D eigenvalue weighted by molar-refractivity contribution is 6.32. The molecule has 0 radical (unpaired) electrons. The van der Waals surface area contributed by atoms with Crippen molar-refractivity contribution in [3.05, 3.63) is 29.0 Å². The van der Waals surface area contributed by atoms with E-state index in [1.54, 1.807) is 30.3 Å². The molecule has 1 unspecified atom stereocenters. The van der Waals surface area contributed by atoms with Crippen LogP contribution in [0.3, 0.4) is 0 Å². The number of rotatable bonds is 4. The Bertz CT molecular complexity index is 368. The van der Waals surface area contributed by atoms with Gasteiger partial charge in [0.2, 0.25) is 0 Å². The summed E-state index contributed by atoms with van der Waals surface area (Å²) in [7, 11) is 1.80. The standard InChI is InChI=1S/C12H17ClN2O/c1-4-6-9(2)15(3)12(16)10-7-5-8-14-11(10)13/h5,7-9H,4,6H2,1-3H3. The number of nitrogens with zero attached hydrogens (tertiary/aromatic N) is 2. The van der Waals surface area contributed by atoms with E-state index < -0.39 is 0 Å². The van der Waals surface area contributed by atoms with Gasteiger partial charge in [-0.2, -0.15) is 0 Å². The van der Waals surface area contributed by atoms with Gasteiger partial charge in [0.1, 0.15) is 5.15 Å². The van der Waals surface area contributed by atoms with Gasteiger partial charge in [-0.05, 0) is 25.5 Å². The van der Waals surface area contributed by atoms with E-state index in [4.69, 9.17) is 11.6 Å². The minimum atomic E-state index is -0.0703. The van der Waals surface area contributed by atoms with Crippen LogP contribution in [0.4, 0.5) is 0 Å². The zero-order valence-corrected chi connectivity index (χ0v) is 10.7. The number of halogens is 1. The third-order valence-electron chi connectivity index (χ3n) is 2.68. The Hall–Kier alpha value is -1.09. The molecule has 1 amide bonds. The zero-order valence-electron chi connectivity index (χ0n) is 9.90. The van der Waals surface area contributed by atoms with Gasteiger partial charge >= 0.3 is 0 Å². The van der Waals surface area contributed by atoms with Crippen molar-refractivity contribution in [2.45, 2.75) is 32.7 Å². The molecule has 0 aliphatic heterocycles. The summed E-state index contributed by atoms with van der Waals surface area (Å²) in [6, 6.07) is 3.64. The van der Waals surface area contributed by atoms with E-state index in [9.17, 15) is 4.79 Å². The third-order valence-corrected chi connectivity index (χ3v) is 2.98. The second-order valence-corrected chi connectivity index (χ2v) is 4.25. The Labute approximate surface area is 101 Å². The maximum atomic E-state index is 12.1. The van der Waals surface area contributed by atoms with Crippen molar-refractivity contribution in [2.24, 2.45) is 0 Å². The summed E-state index contributed by atoms with van der Waals surface area (Å²) in [6.45, 7) is 4.14. The summed E-state index contributed by atoms with van der Waals surface area (Å²) in [5.74, 6) is -0.0703. The summed E-state index contributed by atoms with van der Waals surface area (Å²) in [5, 5.41) is 0.267. The topological polar surface area (TPSA) is 33.2 Å². The Kier molecular flexibility index (Phi) is 4.74. The number of pyridine rings is 1. The van der Waals surface area contributed by atoms with Crippen LogP contribution in [0.1, 0.15) is 37.0 Å². The molecule has 0 spiro atoms. The Morgan fingerprint density at radius 1 is 1.62 bits per heavy atom. The van der Waals surface area contributed by atoms with Crippen molar-refractivity contribution in [2.75, 3.05) is 7.05 Å². The van der Waals surface area contributed by atoms with Crippen LogP contribution in [-0.4, -0.2) is 28.9 Å². The van der Waals surface area contributed by atoms with Crippen LogP contribution in [0.5, 0.6) is 0 Å². The minimum Gasteiger partial charge on any atom is -0.339 e. The van der Waals surface area contributed by atoms with E-state index in [1.807, 2.05) is 6.92 Å². The lowest BCUT2D eigenvalue weighted by atomic mass is 10.1. The molecule has 0 fully saturated rings. The molecule has 0 aromatic carbocycles. The quantitative estimate of drug-likeness (QED) is 0.758. The Balaban J connectivity index is 2.82. The molecule has 1 aromatic rings. The van der Waals surface area contributed by atoms with Crippen molar-refractivity contribution in [3.8, 4) is 0 Å². The fourth-order valence-electron chi connectivity index (χ4n) is 1.55. The van der Waals surface area contributed by atoms with Gasteiger partial charge in [0, 0.05) is 19.3 Å². The van der Waals surface area contributed by atoms with Gasteiger partial charge < -0.3 is 4.90 Å². The molecule has 16 heavy (non-hydrogen) atoms. The lowest BCUT2D eigenvalue weighted by Gasteiger charge is -2.24. The van der Waals surface area contributed by atoms with Gasteiger partial charge in [-0.25, -0.2) is 4.98 Å². The molecule has 4 heteroatoms. The molecule has 0 saturated heterocycles. The van der Waals surface area contributed by atoms with Gasteiger partial charge in [0.15, 0.2) is 0 Å². The Morgan fingerprint density at radius 2 is 2.31 bits per heavy atom. The maximum Gasteiger partial charge on any atom is 0.256 e. The van der Waals surface area contributed by atoms with E-state index in [-0.39, 0.29) is 17.1 Å². The molecule has 3 nitrogen and oxygen atoms in total. The highest BCUT2D eigenvalue weighted by Crippen LogP contribution is 2.16. The summed E-state index contributed by atoms with van der Waals surface area (Å²) >= 11 is 5.89. The smallest absolute Gasteiger partial charge is 0.256 e. The number of aromatic nitrogens is 1. The van der Waals surface area contributed by atoms with E-state index >= 15 is 0 Å². The minimum absolute atomic E-state index is 0.0703. The first-order chi connectivity index (χ1) is 7.57. The van der Waals surface area contributed by atoms with Crippen LogP contribution >= 0.6 is 11.6 Å². The van der Waals surface area contributed by atoms with Gasteiger partial charge in [-0.1, -0.05) is 24.9 Å². The van der Waals surface area contributed by atoms with Crippen LogP contribution in [0.15, 0.2) is 18.3 Å². The monoisotopic (exact) mass is 240 g/mol. The fraction of sp³-hybridized carbons (Fsp3) is 0.500. The van der Waals surface area contributed by atoms with Crippen LogP contribution in [0.2, 0.25) is 5.15 Å². The average molecular weight is 241 g/mol. The van der Waals surface area contributed by atoms with E-state index in [2.05, 4.69) is 11.9 Å². The number of amides is 1. The lowest BCUT2D eigenvalue weighted by Crippen LogP contribution is -2.35. The molecule has 1 rings (SSSR count). The highest BCUT2D eigenvalue weighted by Gasteiger charge is 2.19. The molecule has 0 saturated carbocycles. The van der Waals surface area contributed by atoms with Crippen LogP contribution < -0.4 is 0 Å². The second kappa shape index (κ2) is 5.85. The number of hydrogen-bond acceptors (Lipinski definition) is 2. The first kappa shape index (κ1) is 13.0. The molecule has 1 heterocycles. The van der Waals surface area contributed by atoms with Gasteiger partial charge in [0.25, 0.3) is 5.91 Å². The second-order valence-electron chi connectivity index (χ2n) is 3.90. The number of carbonyl (C=O) groups excluding carboxylic acids is 1. The zero-order chi connectivity index (χ0) is 12.1. The summed E-state index contributed by atoms with van der Waals surface area (Å²) in [4.78, 5) is 17.7. The first-order valence-electron chi connectivity index (χ1n) is 5.45. The normalized spacial score (nSPS) is 12.2. The lowest BCUT2D eigenvalue weighted by molar-refractivity contribution is 0.0736. The van der Waals surface area contributed by atoms with E-state index in [1.165, 1.54) is 0 Å². The molecular weight excluding hydrogens is 224 g/mol. The predicted molar refractivity (Wildman–Crippen MR) is 65.7 cm³/mol. The van der Waals surface area contributed by atoms with Crippen molar-refractivity contribution in [1.29, 1.82) is 0 Å². The molecular formula is C12H17ClN2O. The molecule has 0 bridgehead atoms.